The molecule has 0 atom stereocenters. The Hall–Kier alpha value is -2.21. The molecular formula is C13H11FN4S. The predicted octanol–water partition coefficient (Wildman–Crippen LogP) is 3.28. The number of nitrogens with zero attached hydrogens (tertiary/aromatic N) is 2. The molecule has 3 aromatic rings. The van der Waals surface area contributed by atoms with Crippen molar-refractivity contribution in [2.24, 2.45) is 0 Å². The molecule has 0 saturated carbocycles. The molecule has 2 N–H and O–H groups in total. The molecule has 0 aliphatic rings. The summed E-state index contributed by atoms with van der Waals surface area (Å²) in [5, 5.41) is 12.7. The van der Waals surface area contributed by atoms with Gasteiger partial charge in [-0.05, 0) is 24.3 Å². The van der Waals surface area contributed by atoms with Crippen molar-refractivity contribution in [1.29, 1.82) is 0 Å². The third kappa shape index (κ3) is 2.79. The van der Waals surface area contributed by atoms with E-state index in [2.05, 4.69) is 20.5 Å². The van der Waals surface area contributed by atoms with Gasteiger partial charge < -0.3 is 5.32 Å². The van der Waals surface area contributed by atoms with Gasteiger partial charge in [-0.3, -0.25) is 5.10 Å². The highest BCUT2D eigenvalue weighted by Gasteiger charge is 2.05. The van der Waals surface area contributed by atoms with Crippen molar-refractivity contribution in [1.82, 2.24) is 15.2 Å². The van der Waals surface area contributed by atoms with Crippen LogP contribution in [-0.2, 0) is 6.54 Å². The van der Waals surface area contributed by atoms with E-state index in [1.54, 1.807) is 35.9 Å². The summed E-state index contributed by atoms with van der Waals surface area (Å²) in [5.41, 5.74) is 2.81. The zero-order valence-corrected chi connectivity index (χ0v) is 10.7. The molecule has 2 heterocycles. The van der Waals surface area contributed by atoms with Gasteiger partial charge in [0.15, 0.2) is 0 Å². The summed E-state index contributed by atoms with van der Waals surface area (Å²) in [6.45, 7) is 0.636. The number of rotatable bonds is 4. The predicted molar refractivity (Wildman–Crippen MR) is 73.4 cm³/mol. The lowest BCUT2D eigenvalue weighted by atomic mass is 10.2. The van der Waals surface area contributed by atoms with Gasteiger partial charge >= 0.3 is 0 Å². The highest BCUT2D eigenvalue weighted by atomic mass is 32.1. The Labute approximate surface area is 113 Å². The number of aromatic nitrogens is 3. The minimum atomic E-state index is -0.234. The molecule has 0 fully saturated rings. The van der Waals surface area contributed by atoms with E-state index in [0.29, 0.717) is 6.54 Å². The van der Waals surface area contributed by atoms with Crippen LogP contribution < -0.4 is 5.32 Å². The number of hydrogen-bond acceptors (Lipinski definition) is 4. The van der Waals surface area contributed by atoms with Gasteiger partial charge in [0.25, 0.3) is 0 Å². The van der Waals surface area contributed by atoms with Crippen molar-refractivity contribution in [3.8, 4) is 10.6 Å². The highest BCUT2D eigenvalue weighted by Crippen LogP contribution is 2.24. The molecule has 0 aliphatic carbocycles. The fraction of sp³-hybridized carbons (Fsp3) is 0.0769. The Balaban J connectivity index is 1.70. The molecule has 0 amide bonds. The first-order valence-corrected chi connectivity index (χ1v) is 6.62. The third-order valence-electron chi connectivity index (χ3n) is 2.61. The van der Waals surface area contributed by atoms with Crippen LogP contribution in [0.15, 0.2) is 42.0 Å². The molecule has 2 aromatic heterocycles. The van der Waals surface area contributed by atoms with Gasteiger partial charge in [0, 0.05) is 17.1 Å². The van der Waals surface area contributed by atoms with Gasteiger partial charge in [-0.15, -0.1) is 11.3 Å². The molecule has 19 heavy (non-hydrogen) atoms. The van der Waals surface area contributed by atoms with Crippen molar-refractivity contribution in [3.05, 3.63) is 53.6 Å². The van der Waals surface area contributed by atoms with Crippen molar-refractivity contribution in [2.45, 2.75) is 6.54 Å². The fourth-order valence-electron chi connectivity index (χ4n) is 1.65. The molecule has 4 nitrogen and oxygen atoms in total. The first-order valence-electron chi connectivity index (χ1n) is 5.74. The molecule has 0 unspecified atom stereocenters. The van der Waals surface area contributed by atoms with Crippen LogP contribution >= 0.6 is 11.3 Å². The maximum absolute atomic E-state index is 12.8. The zero-order chi connectivity index (χ0) is 13.1. The fourth-order valence-corrected chi connectivity index (χ4v) is 2.48. The highest BCUT2D eigenvalue weighted by molar-refractivity contribution is 7.13. The third-order valence-corrected chi connectivity index (χ3v) is 3.55. The van der Waals surface area contributed by atoms with Crippen molar-refractivity contribution >= 4 is 17.0 Å². The lowest BCUT2D eigenvalue weighted by molar-refractivity contribution is 0.628. The summed E-state index contributed by atoms with van der Waals surface area (Å²) in [6.07, 6.45) is 3.50. The largest absolute Gasteiger partial charge is 0.377 e. The Morgan fingerprint density at radius 2 is 2.11 bits per heavy atom. The van der Waals surface area contributed by atoms with Gasteiger partial charge in [0.05, 0.1) is 24.1 Å². The van der Waals surface area contributed by atoms with Crippen molar-refractivity contribution in [3.63, 3.8) is 0 Å². The average molecular weight is 274 g/mol. The van der Waals surface area contributed by atoms with E-state index in [-0.39, 0.29) is 5.82 Å². The number of anilines is 1. The summed E-state index contributed by atoms with van der Waals surface area (Å²) in [6, 6.07) is 6.36. The number of hydrogen-bond donors (Lipinski definition) is 2. The second kappa shape index (κ2) is 5.19. The SMILES string of the molecule is Fc1ccc(-c2nc(CNc3cn[nH]c3)cs2)cc1. The topological polar surface area (TPSA) is 53.6 Å². The van der Waals surface area contributed by atoms with Gasteiger partial charge in [0.1, 0.15) is 10.8 Å². The van der Waals surface area contributed by atoms with Crippen LogP contribution in [0.4, 0.5) is 10.1 Å². The lowest BCUT2D eigenvalue weighted by Gasteiger charge is -1.99. The number of nitrogens with one attached hydrogen (secondary N) is 2. The maximum Gasteiger partial charge on any atom is 0.123 e. The molecule has 1 aromatic carbocycles. The lowest BCUT2D eigenvalue weighted by Crippen LogP contribution is -1.98. The summed E-state index contributed by atoms with van der Waals surface area (Å²) in [4.78, 5) is 4.51. The molecular weight excluding hydrogens is 263 g/mol. The minimum absolute atomic E-state index is 0.234. The number of H-pyrrole nitrogens is 1. The maximum atomic E-state index is 12.8. The normalized spacial score (nSPS) is 10.6. The Bertz CT molecular complexity index is 646. The van der Waals surface area contributed by atoms with Crippen LogP contribution in [0.3, 0.4) is 0 Å². The van der Waals surface area contributed by atoms with Crippen LogP contribution in [0, 0.1) is 5.82 Å². The first-order chi connectivity index (χ1) is 9.31. The summed E-state index contributed by atoms with van der Waals surface area (Å²) < 4.78 is 12.8. The van der Waals surface area contributed by atoms with E-state index in [4.69, 9.17) is 0 Å². The van der Waals surface area contributed by atoms with Crippen molar-refractivity contribution < 1.29 is 4.39 Å². The molecule has 0 spiro atoms. The second-order valence-corrected chi connectivity index (χ2v) is 4.85. The number of thiazole rings is 1. The van der Waals surface area contributed by atoms with Crippen molar-refractivity contribution in [2.75, 3.05) is 5.32 Å². The Morgan fingerprint density at radius 1 is 1.26 bits per heavy atom. The van der Waals surface area contributed by atoms with Gasteiger partial charge in [-0.2, -0.15) is 5.10 Å². The van der Waals surface area contributed by atoms with E-state index in [1.807, 2.05) is 5.38 Å². The zero-order valence-electron chi connectivity index (χ0n) is 9.93. The molecule has 0 saturated heterocycles. The van der Waals surface area contributed by atoms with Gasteiger partial charge in [0.2, 0.25) is 0 Å². The van der Waals surface area contributed by atoms with E-state index in [1.165, 1.54) is 12.1 Å². The van der Waals surface area contributed by atoms with Crippen LogP contribution in [0.25, 0.3) is 10.6 Å². The van der Waals surface area contributed by atoms with E-state index < -0.39 is 0 Å². The summed E-state index contributed by atoms with van der Waals surface area (Å²) in [5.74, 6) is -0.234. The summed E-state index contributed by atoms with van der Waals surface area (Å²) in [7, 11) is 0. The quantitative estimate of drug-likeness (QED) is 0.767. The van der Waals surface area contributed by atoms with Gasteiger partial charge in [-0.1, -0.05) is 0 Å². The Kier molecular flexibility index (Phi) is 3.24. The molecule has 6 heteroatoms. The van der Waals surface area contributed by atoms with E-state index >= 15 is 0 Å². The molecule has 0 radical (unpaired) electrons. The molecule has 3 rings (SSSR count). The van der Waals surface area contributed by atoms with E-state index in [0.717, 1.165) is 22.0 Å². The van der Waals surface area contributed by atoms with E-state index in [9.17, 15) is 4.39 Å². The minimum Gasteiger partial charge on any atom is -0.377 e. The molecule has 0 aliphatic heterocycles. The number of halogens is 1. The van der Waals surface area contributed by atoms with Crippen LogP contribution in [0.2, 0.25) is 0 Å². The Morgan fingerprint density at radius 3 is 2.84 bits per heavy atom. The summed E-state index contributed by atoms with van der Waals surface area (Å²) >= 11 is 1.55. The monoisotopic (exact) mass is 274 g/mol. The molecule has 96 valence electrons. The van der Waals surface area contributed by atoms with Crippen LogP contribution in [0.1, 0.15) is 5.69 Å². The molecule has 0 bridgehead atoms. The van der Waals surface area contributed by atoms with Crippen LogP contribution in [0.5, 0.6) is 0 Å². The smallest absolute Gasteiger partial charge is 0.123 e. The van der Waals surface area contributed by atoms with Gasteiger partial charge in [-0.25, -0.2) is 9.37 Å². The number of benzene rings is 1. The van der Waals surface area contributed by atoms with Crippen LogP contribution in [-0.4, -0.2) is 15.2 Å². The number of aromatic amines is 1. The average Bonchev–Trinajstić information content (AvgIpc) is 3.09. The standard InChI is InChI=1S/C13H11FN4S/c14-10-3-1-9(2-4-10)13-18-12(8-19-13)5-15-11-6-16-17-7-11/h1-4,6-8,15H,5H2,(H,16,17). The second-order valence-electron chi connectivity index (χ2n) is 3.99. The first kappa shape index (κ1) is 11.9.